The smallest absolute Gasteiger partial charge is 0.225 e. The summed E-state index contributed by atoms with van der Waals surface area (Å²) in [6, 6.07) is 4.06. The van der Waals surface area contributed by atoms with E-state index < -0.39 is 0 Å². The van der Waals surface area contributed by atoms with E-state index in [0.29, 0.717) is 0 Å². The van der Waals surface area contributed by atoms with E-state index in [-0.39, 0.29) is 0 Å². The third-order valence-electron chi connectivity index (χ3n) is 3.63. The minimum absolute atomic E-state index is 0.751. The molecule has 1 aliphatic heterocycles. The number of rotatable bonds is 6. The number of ether oxygens (including phenoxy) is 1. The van der Waals surface area contributed by atoms with Crippen LogP contribution in [0.3, 0.4) is 0 Å². The SMILES string of the molecule is c1cncc(CCNCc2cnc(N3CCOCC3)nc2)c1. The largest absolute Gasteiger partial charge is 0.378 e. The number of anilines is 1. The van der Waals surface area contributed by atoms with Crippen LogP contribution in [-0.4, -0.2) is 47.8 Å². The van der Waals surface area contributed by atoms with Crippen molar-refractivity contribution in [1.82, 2.24) is 20.3 Å². The quantitative estimate of drug-likeness (QED) is 0.804. The predicted octanol–water partition coefficient (Wildman–Crippen LogP) is 1.04. The van der Waals surface area contributed by atoms with E-state index in [1.54, 1.807) is 6.20 Å². The molecule has 1 N–H and O–H groups in total. The first-order valence-corrected chi connectivity index (χ1v) is 7.65. The van der Waals surface area contributed by atoms with Gasteiger partial charge in [-0.1, -0.05) is 6.07 Å². The second-order valence-corrected chi connectivity index (χ2v) is 5.28. The first kappa shape index (κ1) is 14.9. The maximum atomic E-state index is 5.34. The molecular weight excluding hydrogens is 278 g/mol. The van der Waals surface area contributed by atoms with Crippen molar-refractivity contribution in [3.8, 4) is 0 Å². The summed E-state index contributed by atoms with van der Waals surface area (Å²) in [7, 11) is 0. The molecule has 3 heterocycles. The van der Waals surface area contributed by atoms with Gasteiger partial charge in [-0.05, 0) is 24.6 Å². The first-order chi connectivity index (χ1) is 10.9. The van der Waals surface area contributed by atoms with E-state index in [4.69, 9.17) is 4.74 Å². The molecule has 0 amide bonds. The number of nitrogens with one attached hydrogen (secondary N) is 1. The first-order valence-electron chi connectivity index (χ1n) is 7.65. The fourth-order valence-electron chi connectivity index (χ4n) is 2.38. The normalized spacial score (nSPS) is 15.0. The zero-order valence-electron chi connectivity index (χ0n) is 12.6. The van der Waals surface area contributed by atoms with Crippen molar-refractivity contribution in [2.45, 2.75) is 13.0 Å². The standard InChI is InChI=1S/C16H21N5O/c1-2-14(10-17-4-1)3-5-18-11-15-12-19-16(20-13-15)21-6-8-22-9-7-21/h1-2,4,10,12-13,18H,3,5-9,11H2. The molecular formula is C16H21N5O. The van der Waals surface area contributed by atoms with Crippen LogP contribution in [0.2, 0.25) is 0 Å². The molecule has 0 saturated carbocycles. The third kappa shape index (κ3) is 4.22. The summed E-state index contributed by atoms with van der Waals surface area (Å²) >= 11 is 0. The minimum Gasteiger partial charge on any atom is -0.378 e. The highest BCUT2D eigenvalue weighted by molar-refractivity contribution is 5.30. The molecule has 0 spiro atoms. The van der Waals surface area contributed by atoms with Crippen molar-refractivity contribution in [2.24, 2.45) is 0 Å². The molecule has 1 aliphatic rings. The van der Waals surface area contributed by atoms with Crippen LogP contribution >= 0.6 is 0 Å². The molecule has 1 fully saturated rings. The van der Waals surface area contributed by atoms with Gasteiger partial charge in [0.05, 0.1) is 13.2 Å². The topological polar surface area (TPSA) is 63.2 Å². The lowest BCUT2D eigenvalue weighted by molar-refractivity contribution is 0.122. The van der Waals surface area contributed by atoms with E-state index in [9.17, 15) is 0 Å². The summed E-state index contributed by atoms with van der Waals surface area (Å²) in [5.74, 6) is 0.794. The van der Waals surface area contributed by atoms with Gasteiger partial charge in [0.25, 0.3) is 0 Å². The van der Waals surface area contributed by atoms with Crippen molar-refractivity contribution < 1.29 is 4.74 Å². The van der Waals surface area contributed by atoms with Gasteiger partial charge in [0, 0.05) is 50.0 Å². The Morgan fingerprint density at radius 3 is 2.64 bits per heavy atom. The summed E-state index contributed by atoms with van der Waals surface area (Å²) in [6.45, 7) is 4.92. The lowest BCUT2D eigenvalue weighted by Crippen LogP contribution is -2.37. The Morgan fingerprint density at radius 1 is 1.09 bits per heavy atom. The molecule has 6 nitrogen and oxygen atoms in total. The molecule has 2 aromatic heterocycles. The highest BCUT2D eigenvalue weighted by atomic mass is 16.5. The number of pyridine rings is 1. The molecule has 0 aromatic carbocycles. The monoisotopic (exact) mass is 299 g/mol. The van der Waals surface area contributed by atoms with Crippen molar-refractivity contribution in [3.05, 3.63) is 48.0 Å². The van der Waals surface area contributed by atoms with Gasteiger partial charge in [-0.3, -0.25) is 4.98 Å². The Bertz CT molecular complexity index is 555. The fourth-order valence-corrected chi connectivity index (χ4v) is 2.38. The van der Waals surface area contributed by atoms with E-state index >= 15 is 0 Å². The summed E-state index contributed by atoms with van der Waals surface area (Å²) in [6.07, 6.45) is 8.47. The Kier molecular flexibility index (Phi) is 5.28. The molecule has 6 heteroatoms. The Morgan fingerprint density at radius 2 is 1.91 bits per heavy atom. The number of hydrogen-bond acceptors (Lipinski definition) is 6. The summed E-state index contributed by atoms with van der Waals surface area (Å²) in [5.41, 5.74) is 2.34. The van der Waals surface area contributed by atoms with Crippen LogP contribution in [0.15, 0.2) is 36.9 Å². The summed E-state index contributed by atoms with van der Waals surface area (Å²) in [5, 5.41) is 3.41. The average molecular weight is 299 g/mol. The van der Waals surface area contributed by atoms with Crippen LogP contribution in [0.25, 0.3) is 0 Å². The second kappa shape index (κ2) is 7.82. The molecule has 0 radical (unpaired) electrons. The van der Waals surface area contributed by atoms with Crippen molar-refractivity contribution in [1.29, 1.82) is 0 Å². The van der Waals surface area contributed by atoms with E-state index in [2.05, 4.69) is 31.2 Å². The van der Waals surface area contributed by atoms with Crippen molar-refractivity contribution >= 4 is 5.95 Å². The number of aromatic nitrogens is 3. The maximum Gasteiger partial charge on any atom is 0.225 e. The molecule has 0 bridgehead atoms. The summed E-state index contributed by atoms with van der Waals surface area (Å²) < 4.78 is 5.34. The number of morpholine rings is 1. The molecule has 0 atom stereocenters. The van der Waals surface area contributed by atoms with Crippen LogP contribution in [0.4, 0.5) is 5.95 Å². The summed E-state index contributed by atoms with van der Waals surface area (Å²) in [4.78, 5) is 15.2. The Balaban J connectivity index is 1.43. The maximum absolute atomic E-state index is 5.34. The molecule has 116 valence electrons. The van der Waals surface area contributed by atoms with Gasteiger partial charge >= 0.3 is 0 Å². The zero-order valence-corrected chi connectivity index (χ0v) is 12.6. The minimum atomic E-state index is 0.751. The molecule has 2 aromatic rings. The van der Waals surface area contributed by atoms with Gasteiger partial charge in [-0.2, -0.15) is 0 Å². The lowest BCUT2D eigenvalue weighted by Gasteiger charge is -2.26. The molecule has 3 rings (SSSR count). The van der Waals surface area contributed by atoms with Crippen LogP contribution in [0, 0.1) is 0 Å². The predicted molar refractivity (Wildman–Crippen MR) is 84.7 cm³/mol. The van der Waals surface area contributed by atoms with Gasteiger partial charge in [-0.15, -0.1) is 0 Å². The zero-order chi connectivity index (χ0) is 15.0. The lowest BCUT2D eigenvalue weighted by atomic mass is 10.2. The number of nitrogens with zero attached hydrogens (tertiary/aromatic N) is 4. The van der Waals surface area contributed by atoms with Crippen molar-refractivity contribution in [3.63, 3.8) is 0 Å². The third-order valence-corrected chi connectivity index (χ3v) is 3.63. The van der Waals surface area contributed by atoms with Gasteiger partial charge in [0.2, 0.25) is 5.95 Å². The van der Waals surface area contributed by atoms with Gasteiger partial charge < -0.3 is 15.0 Å². The van der Waals surface area contributed by atoms with Crippen LogP contribution in [0.1, 0.15) is 11.1 Å². The molecule has 0 aliphatic carbocycles. The number of hydrogen-bond donors (Lipinski definition) is 1. The van der Waals surface area contributed by atoms with Crippen LogP contribution in [0.5, 0.6) is 0 Å². The second-order valence-electron chi connectivity index (χ2n) is 5.28. The van der Waals surface area contributed by atoms with E-state index in [0.717, 1.165) is 57.3 Å². The molecule has 22 heavy (non-hydrogen) atoms. The molecule has 1 saturated heterocycles. The highest BCUT2D eigenvalue weighted by Crippen LogP contribution is 2.09. The average Bonchev–Trinajstić information content (AvgIpc) is 2.61. The van der Waals surface area contributed by atoms with Gasteiger partial charge in [-0.25, -0.2) is 9.97 Å². The Hall–Kier alpha value is -2.05. The Labute approximate surface area is 130 Å². The van der Waals surface area contributed by atoms with E-state index in [1.165, 1.54) is 5.56 Å². The van der Waals surface area contributed by atoms with Crippen molar-refractivity contribution in [2.75, 3.05) is 37.7 Å². The van der Waals surface area contributed by atoms with Gasteiger partial charge in [0.15, 0.2) is 0 Å². The van der Waals surface area contributed by atoms with E-state index in [1.807, 2.05) is 24.7 Å². The van der Waals surface area contributed by atoms with Crippen LogP contribution < -0.4 is 10.2 Å². The highest BCUT2D eigenvalue weighted by Gasteiger charge is 2.13. The van der Waals surface area contributed by atoms with Crippen LogP contribution in [-0.2, 0) is 17.7 Å². The molecule has 0 unspecified atom stereocenters. The fraction of sp³-hybridized carbons (Fsp3) is 0.438. The van der Waals surface area contributed by atoms with Gasteiger partial charge in [0.1, 0.15) is 0 Å².